The van der Waals surface area contributed by atoms with Crippen LogP contribution in [0, 0.1) is 0 Å². The molecule has 1 aliphatic rings. The van der Waals surface area contributed by atoms with Gasteiger partial charge in [-0.25, -0.2) is 9.78 Å². The van der Waals surface area contributed by atoms with Gasteiger partial charge in [-0.05, 0) is 45.5 Å². The summed E-state index contributed by atoms with van der Waals surface area (Å²) in [5.41, 5.74) is 8.05. The molecule has 1 aromatic heterocycles. The summed E-state index contributed by atoms with van der Waals surface area (Å²) in [5.74, 6) is 0.752. The first-order chi connectivity index (χ1) is 24.1. The molecule has 7 rings (SSSR count). The minimum atomic E-state index is -0.545. The molecule has 1 fully saturated rings. The largest absolute Gasteiger partial charge is 0.392 e. The molecule has 9 heteroatoms. The number of aliphatic hydroxyl groups excluding tert-OH is 1. The number of aromatic nitrogens is 1. The van der Waals surface area contributed by atoms with Crippen LogP contribution < -0.4 is 10.6 Å². The second-order valence-electron chi connectivity index (χ2n) is 11.9. The summed E-state index contributed by atoms with van der Waals surface area (Å²) in [6.07, 6.45) is -0.0502. The number of rotatable bonds is 11. The summed E-state index contributed by atoms with van der Waals surface area (Å²) in [4.78, 5) is 17.4. The maximum Gasteiger partial charge on any atom is 0.315 e. The number of thioether (sulfide) groups is 1. The van der Waals surface area contributed by atoms with Crippen LogP contribution in [-0.2, 0) is 29.2 Å². The average Bonchev–Trinajstić information content (AvgIpc) is 3.59. The number of nitrogens with one attached hydrogen (secondary N) is 2. The maximum atomic E-state index is 12.5. The highest BCUT2D eigenvalue weighted by atomic mass is 32.2. The zero-order valence-electron chi connectivity index (χ0n) is 26.8. The fraction of sp³-hybridized carbons (Fsp3) is 0.200. The van der Waals surface area contributed by atoms with Crippen LogP contribution in [0.15, 0.2) is 132 Å². The minimum Gasteiger partial charge on any atom is -0.392 e. The molecule has 1 aliphatic heterocycles. The quantitative estimate of drug-likeness (QED) is 0.118. The lowest BCUT2D eigenvalue weighted by atomic mass is 9.98. The van der Waals surface area contributed by atoms with Crippen LogP contribution >= 0.6 is 23.1 Å². The van der Waals surface area contributed by atoms with Crippen molar-refractivity contribution in [2.24, 2.45) is 0 Å². The first-order valence-corrected chi connectivity index (χ1v) is 18.1. The van der Waals surface area contributed by atoms with Gasteiger partial charge in [0.2, 0.25) is 0 Å². The number of ether oxygens (including phenoxy) is 2. The molecule has 5 aromatic carbocycles. The van der Waals surface area contributed by atoms with Crippen molar-refractivity contribution in [3.63, 3.8) is 0 Å². The van der Waals surface area contributed by atoms with Crippen molar-refractivity contribution in [1.82, 2.24) is 15.6 Å². The molecule has 0 spiro atoms. The van der Waals surface area contributed by atoms with Gasteiger partial charge in [0.25, 0.3) is 0 Å². The Balaban J connectivity index is 1.04. The van der Waals surface area contributed by atoms with E-state index in [0.717, 1.165) is 54.6 Å². The Labute approximate surface area is 294 Å². The van der Waals surface area contributed by atoms with Crippen LogP contribution in [0.25, 0.3) is 21.3 Å². The first kappa shape index (κ1) is 33.0. The van der Waals surface area contributed by atoms with Crippen molar-refractivity contribution < 1.29 is 19.4 Å². The number of urea groups is 1. The van der Waals surface area contributed by atoms with Crippen LogP contribution in [-0.4, -0.2) is 28.0 Å². The zero-order valence-corrected chi connectivity index (χ0v) is 28.5. The fourth-order valence-electron chi connectivity index (χ4n) is 5.89. The summed E-state index contributed by atoms with van der Waals surface area (Å²) in [7, 11) is 0. The van der Waals surface area contributed by atoms with Crippen LogP contribution in [0.1, 0.15) is 46.6 Å². The summed E-state index contributed by atoms with van der Waals surface area (Å²) in [6, 6.07) is 42.2. The van der Waals surface area contributed by atoms with Gasteiger partial charge in [-0.2, -0.15) is 0 Å². The number of benzene rings is 5. The van der Waals surface area contributed by atoms with Crippen LogP contribution in [0.5, 0.6) is 0 Å². The Morgan fingerprint density at radius 3 is 2.29 bits per heavy atom. The Morgan fingerprint density at radius 1 is 0.776 bits per heavy atom. The van der Waals surface area contributed by atoms with E-state index in [0.29, 0.717) is 19.5 Å². The van der Waals surface area contributed by atoms with E-state index >= 15 is 0 Å². The third-order valence-corrected chi connectivity index (χ3v) is 10.8. The maximum absolute atomic E-state index is 12.5. The van der Waals surface area contributed by atoms with Crippen molar-refractivity contribution in [3.8, 4) is 11.1 Å². The fourth-order valence-corrected chi connectivity index (χ4v) is 8.00. The lowest BCUT2D eigenvalue weighted by molar-refractivity contribution is -0.245. The lowest BCUT2D eigenvalue weighted by Crippen LogP contribution is -2.34. The lowest BCUT2D eigenvalue weighted by Gasteiger charge is -2.36. The second-order valence-corrected chi connectivity index (χ2v) is 14.2. The molecule has 2 amide bonds. The number of nitrogens with zero attached hydrogens (tertiary/aromatic N) is 1. The Morgan fingerprint density at radius 2 is 1.49 bits per heavy atom. The van der Waals surface area contributed by atoms with Crippen molar-refractivity contribution in [1.29, 1.82) is 0 Å². The Kier molecular flexibility index (Phi) is 10.6. The Hall–Kier alpha value is -4.51. The summed E-state index contributed by atoms with van der Waals surface area (Å²) in [5, 5.41) is 15.5. The van der Waals surface area contributed by atoms with Crippen molar-refractivity contribution in [2.75, 3.05) is 5.75 Å². The molecular formula is C40H37N3O4S2. The first-order valence-electron chi connectivity index (χ1n) is 16.3. The number of carbonyl (C=O) groups excluding carboxylic acids is 1. The molecule has 0 bridgehead atoms. The molecule has 49 heavy (non-hydrogen) atoms. The molecule has 0 unspecified atom stereocenters. The second kappa shape index (κ2) is 15.8. The van der Waals surface area contributed by atoms with Crippen LogP contribution in [0.2, 0.25) is 0 Å². The van der Waals surface area contributed by atoms with Crippen molar-refractivity contribution in [2.45, 2.75) is 49.0 Å². The highest BCUT2D eigenvalue weighted by Gasteiger charge is 2.32. The van der Waals surface area contributed by atoms with Gasteiger partial charge in [0.1, 0.15) is 0 Å². The van der Waals surface area contributed by atoms with E-state index in [1.165, 1.54) is 4.70 Å². The summed E-state index contributed by atoms with van der Waals surface area (Å²) in [6.45, 7) is 0.877. The van der Waals surface area contributed by atoms with Crippen molar-refractivity contribution in [3.05, 3.63) is 155 Å². The molecule has 7 nitrogen and oxygen atoms in total. The average molecular weight is 688 g/mol. The van der Waals surface area contributed by atoms with Gasteiger partial charge in [0.15, 0.2) is 10.6 Å². The number of fused-ring (bicyclic) bond motifs is 1. The standard InChI is InChI=1S/C40H37N3O4S2/c44-25-28-14-16-30(17-15-28)36-22-33(26-48-40-43-35-12-6-7-13-37(35)49-40)46-38(47-36)31-20-18-29(19-21-31)34-11-5-4-10-32(34)24-42-39(45)41-23-27-8-2-1-3-9-27/h1-21,33,36,38,44H,22-26H2,(H2,41,42,45)/t33-,36+,38+/m1/s1. The number of thiazole rings is 1. The van der Waals surface area contributed by atoms with Gasteiger partial charge in [-0.15, -0.1) is 11.3 Å². The molecular weight excluding hydrogens is 651 g/mol. The van der Waals surface area contributed by atoms with Gasteiger partial charge in [-0.3, -0.25) is 0 Å². The molecule has 1 saturated heterocycles. The molecule has 3 atom stereocenters. The van der Waals surface area contributed by atoms with E-state index < -0.39 is 6.29 Å². The van der Waals surface area contributed by atoms with E-state index in [4.69, 9.17) is 14.5 Å². The minimum absolute atomic E-state index is 0.00592. The predicted octanol–water partition coefficient (Wildman–Crippen LogP) is 8.79. The molecule has 0 aliphatic carbocycles. The van der Waals surface area contributed by atoms with E-state index in [9.17, 15) is 9.90 Å². The van der Waals surface area contributed by atoms with E-state index in [1.54, 1.807) is 23.1 Å². The van der Waals surface area contributed by atoms with Gasteiger partial charge in [-0.1, -0.05) is 127 Å². The number of carbonyl (C=O) groups is 1. The summed E-state index contributed by atoms with van der Waals surface area (Å²) < 4.78 is 15.4. The molecule has 0 radical (unpaired) electrons. The number of amides is 2. The van der Waals surface area contributed by atoms with Gasteiger partial charge < -0.3 is 25.2 Å². The molecule has 248 valence electrons. The summed E-state index contributed by atoms with van der Waals surface area (Å²) >= 11 is 3.43. The van der Waals surface area contributed by atoms with Gasteiger partial charge in [0.05, 0.1) is 29.0 Å². The van der Waals surface area contributed by atoms with Gasteiger partial charge in [0, 0.05) is 30.8 Å². The molecule has 6 aromatic rings. The predicted molar refractivity (Wildman–Crippen MR) is 196 cm³/mol. The van der Waals surface area contributed by atoms with E-state index in [2.05, 4.69) is 47.0 Å². The normalized spacial score (nSPS) is 17.5. The van der Waals surface area contributed by atoms with E-state index in [-0.39, 0.29) is 24.8 Å². The monoisotopic (exact) mass is 687 g/mol. The Bertz CT molecular complexity index is 1950. The third kappa shape index (κ3) is 8.39. The van der Waals surface area contributed by atoms with Gasteiger partial charge >= 0.3 is 6.03 Å². The van der Waals surface area contributed by atoms with E-state index in [1.807, 2.05) is 91.0 Å². The number of hydrogen-bond donors (Lipinski definition) is 3. The smallest absolute Gasteiger partial charge is 0.315 e. The SMILES string of the molecule is O=C(NCc1ccccc1)NCc1ccccc1-c1ccc([C@H]2O[C@@H](CSc3nc4ccccc4s3)C[C@@H](c3ccc(CO)cc3)O2)cc1. The topological polar surface area (TPSA) is 92.7 Å². The molecule has 3 N–H and O–H groups in total. The highest BCUT2D eigenvalue weighted by Crippen LogP contribution is 2.40. The van der Waals surface area contributed by atoms with Crippen molar-refractivity contribution >= 4 is 39.3 Å². The third-order valence-electron chi connectivity index (χ3n) is 8.53. The number of aliphatic hydroxyl groups is 1. The zero-order chi connectivity index (χ0) is 33.4. The molecule has 0 saturated carbocycles. The number of hydrogen-bond acceptors (Lipinski definition) is 7. The van der Waals surface area contributed by atoms with Crippen LogP contribution in [0.4, 0.5) is 4.79 Å². The molecule has 2 heterocycles. The van der Waals surface area contributed by atoms with Crippen LogP contribution in [0.3, 0.4) is 0 Å². The number of para-hydroxylation sites is 1. The highest BCUT2D eigenvalue weighted by molar-refractivity contribution is 8.01.